The Morgan fingerprint density at radius 3 is 2.00 bits per heavy atom. The molecule has 0 aliphatic carbocycles. The number of phosphoric ester groups is 1. The maximum Gasteiger partial charge on any atom is 0.469 e. The molecule has 7 nitrogen and oxygen atoms in total. The van der Waals surface area contributed by atoms with Crippen molar-refractivity contribution >= 4 is 13.8 Å². The number of hydrogen-bond donors (Lipinski definition) is 2. The maximum absolute atomic E-state index is 11.6. The van der Waals surface area contributed by atoms with Crippen molar-refractivity contribution in [1.29, 1.82) is 0 Å². The van der Waals surface area contributed by atoms with Gasteiger partial charge in [0.1, 0.15) is 0 Å². The van der Waals surface area contributed by atoms with Gasteiger partial charge >= 0.3 is 13.8 Å². The highest BCUT2D eigenvalue weighted by molar-refractivity contribution is 7.46. The summed E-state index contributed by atoms with van der Waals surface area (Å²) in [7, 11) is -4.53. The fourth-order valence-corrected chi connectivity index (χ4v) is 3.86. The standard InChI is InChI=1S/C18H36NO6P/c1-6-10-19(11-7-2,12-8-3)14-17(15-25-26(21,22)23)9-13-24-18(20)16(4)5/h17H,4,6-15H2,1-3,5H3,(H-,21,22,23)/p+1. The summed E-state index contributed by atoms with van der Waals surface area (Å²) >= 11 is 0. The van der Waals surface area contributed by atoms with Gasteiger partial charge in [-0.05, 0) is 32.6 Å². The predicted octanol–water partition coefficient (Wildman–Crippen LogP) is 3.27. The second-order valence-corrected chi connectivity index (χ2v) is 8.29. The molecule has 0 amide bonds. The van der Waals surface area contributed by atoms with Crippen molar-refractivity contribution in [3.05, 3.63) is 12.2 Å². The van der Waals surface area contributed by atoms with Crippen molar-refractivity contribution in [2.75, 3.05) is 39.4 Å². The quantitative estimate of drug-likeness (QED) is 0.192. The molecule has 26 heavy (non-hydrogen) atoms. The van der Waals surface area contributed by atoms with Crippen molar-refractivity contribution in [1.82, 2.24) is 0 Å². The van der Waals surface area contributed by atoms with Crippen molar-refractivity contribution in [2.24, 2.45) is 5.92 Å². The molecule has 0 saturated heterocycles. The number of rotatable bonds is 15. The third kappa shape index (κ3) is 11.1. The largest absolute Gasteiger partial charge is 0.469 e. The third-order valence-electron chi connectivity index (χ3n) is 4.33. The van der Waals surface area contributed by atoms with E-state index in [-0.39, 0.29) is 19.1 Å². The molecule has 1 atom stereocenters. The Balaban J connectivity index is 5.09. The lowest BCUT2D eigenvalue weighted by molar-refractivity contribution is -0.931. The van der Waals surface area contributed by atoms with Crippen molar-refractivity contribution in [2.45, 2.75) is 53.4 Å². The number of quaternary nitrogens is 1. The predicted molar refractivity (Wildman–Crippen MR) is 102 cm³/mol. The summed E-state index contributed by atoms with van der Waals surface area (Å²) in [5.41, 5.74) is 0.334. The molecular formula is C18H37NO6P+. The highest BCUT2D eigenvalue weighted by atomic mass is 31.2. The third-order valence-corrected chi connectivity index (χ3v) is 4.81. The van der Waals surface area contributed by atoms with Crippen LogP contribution in [0.2, 0.25) is 0 Å². The van der Waals surface area contributed by atoms with Crippen LogP contribution in [0, 0.1) is 5.92 Å². The zero-order valence-electron chi connectivity index (χ0n) is 16.8. The van der Waals surface area contributed by atoms with E-state index in [1.807, 2.05) is 0 Å². The van der Waals surface area contributed by atoms with E-state index in [1.165, 1.54) is 0 Å². The van der Waals surface area contributed by atoms with Crippen LogP contribution in [-0.2, 0) is 18.6 Å². The fourth-order valence-electron chi connectivity index (χ4n) is 3.45. The molecule has 0 spiro atoms. The summed E-state index contributed by atoms with van der Waals surface area (Å²) < 4.78 is 22.0. The Kier molecular flexibility index (Phi) is 12.3. The second-order valence-electron chi connectivity index (χ2n) is 7.05. The number of carbonyl (C=O) groups excluding carboxylic acids is 1. The van der Waals surface area contributed by atoms with Gasteiger partial charge in [0.2, 0.25) is 0 Å². The summed E-state index contributed by atoms with van der Waals surface area (Å²) in [6.45, 7) is 15.5. The van der Waals surface area contributed by atoms with Gasteiger partial charge in [-0.3, -0.25) is 4.52 Å². The first kappa shape index (κ1) is 25.3. The lowest BCUT2D eigenvalue weighted by atomic mass is 10.0. The highest BCUT2D eigenvalue weighted by Gasteiger charge is 2.30. The molecule has 0 aliphatic heterocycles. The van der Waals surface area contributed by atoms with Crippen LogP contribution >= 0.6 is 7.82 Å². The van der Waals surface area contributed by atoms with Gasteiger partial charge < -0.3 is 19.0 Å². The molecule has 0 heterocycles. The summed E-state index contributed by atoms with van der Waals surface area (Å²) in [5, 5.41) is 0. The molecule has 8 heteroatoms. The maximum atomic E-state index is 11.6. The molecule has 2 N–H and O–H groups in total. The van der Waals surface area contributed by atoms with Crippen LogP contribution in [0.25, 0.3) is 0 Å². The molecule has 0 aliphatic rings. The molecule has 0 aromatic heterocycles. The van der Waals surface area contributed by atoms with Crippen molar-refractivity contribution in [3.63, 3.8) is 0 Å². The minimum atomic E-state index is -4.53. The van der Waals surface area contributed by atoms with Gasteiger partial charge in [-0.25, -0.2) is 9.36 Å². The molecule has 0 aromatic carbocycles. The van der Waals surface area contributed by atoms with Gasteiger partial charge in [0.15, 0.2) is 0 Å². The van der Waals surface area contributed by atoms with E-state index in [4.69, 9.17) is 19.0 Å². The summed E-state index contributed by atoms with van der Waals surface area (Å²) in [6, 6.07) is 0. The molecule has 154 valence electrons. The Morgan fingerprint density at radius 2 is 1.62 bits per heavy atom. The van der Waals surface area contributed by atoms with Crippen LogP contribution < -0.4 is 0 Å². The zero-order valence-corrected chi connectivity index (χ0v) is 17.7. The van der Waals surface area contributed by atoms with E-state index in [1.54, 1.807) is 6.92 Å². The minimum Gasteiger partial charge on any atom is -0.462 e. The summed E-state index contributed by atoms with van der Waals surface area (Å²) in [6.07, 6.45) is 3.61. The fraction of sp³-hybridized carbons (Fsp3) is 0.833. The van der Waals surface area contributed by atoms with E-state index in [0.717, 1.165) is 49.9 Å². The van der Waals surface area contributed by atoms with Crippen LogP contribution in [-0.4, -0.2) is 59.6 Å². The molecule has 1 unspecified atom stereocenters. The monoisotopic (exact) mass is 394 g/mol. The number of nitrogens with zero attached hydrogens (tertiary/aromatic N) is 1. The first-order valence-corrected chi connectivity index (χ1v) is 11.0. The molecule has 0 bridgehead atoms. The van der Waals surface area contributed by atoms with Gasteiger partial charge in [-0.2, -0.15) is 0 Å². The van der Waals surface area contributed by atoms with Crippen molar-refractivity contribution < 1.29 is 32.9 Å². The molecule has 0 rings (SSSR count). The Bertz CT molecular complexity index is 459. The topological polar surface area (TPSA) is 93.1 Å². The zero-order chi connectivity index (χ0) is 20.2. The number of carbonyl (C=O) groups is 1. The minimum absolute atomic E-state index is 0.0496. The Labute approximate surface area is 158 Å². The second kappa shape index (κ2) is 12.6. The molecule has 0 saturated carbocycles. The molecule has 0 radical (unpaired) electrons. The summed E-state index contributed by atoms with van der Waals surface area (Å²) in [4.78, 5) is 29.6. The molecule has 0 fully saturated rings. The molecule has 0 aromatic rings. The molecular weight excluding hydrogens is 357 g/mol. The lowest BCUT2D eigenvalue weighted by Crippen LogP contribution is -2.53. The van der Waals surface area contributed by atoms with Crippen molar-refractivity contribution in [3.8, 4) is 0 Å². The first-order valence-electron chi connectivity index (χ1n) is 9.47. The smallest absolute Gasteiger partial charge is 0.462 e. The van der Waals surface area contributed by atoms with E-state index >= 15 is 0 Å². The SMILES string of the molecule is C=C(C)C(=O)OCCC(COP(=O)(O)O)C[N+](CCC)(CCC)CCC. The normalized spacial score (nSPS) is 13.5. The van der Waals surface area contributed by atoms with E-state index < -0.39 is 13.8 Å². The van der Waals surface area contributed by atoms with E-state index in [9.17, 15) is 9.36 Å². The highest BCUT2D eigenvalue weighted by Crippen LogP contribution is 2.37. The van der Waals surface area contributed by atoms with Gasteiger partial charge in [0.05, 0.1) is 39.4 Å². The average Bonchev–Trinajstić information content (AvgIpc) is 2.52. The van der Waals surface area contributed by atoms with Crippen LogP contribution in [0.5, 0.6) is 0 Å². The van der Waals surface area contributed by atoms with Crippen LogP contribution in [0.1, 0.15) is 53.4 Å². The first-order chi connectivity index (χ1) is 12.1. The number of ether oxygens (including phenoxy) is 1. The lowest BCUT2D eigenvalue weighted by Gasteiger charge is -2.41. The Hall–Kier alpha value is -0.720. The van der Waals surface area contributed by atoms with Gasteiger partial charge in [0.25, 0.3) is 0 Å². The number of phosphoric acid groups is 1. The summed E-state index contributed by atoms with van der Waals surface area (Å²) in [5.74, 6) is -0.554. The number of esters is 1. The van der Waals surface area contributed by atoms with Gasteiger partial charge in [-0.1, -0.05) is 27.4 Å². The van der Waals surface area contributed by atoms with Gasteiger partial charge in [-0.15, -0.1) is 0 Å². The van der Waals surface area contributed by atoms with Gasteiger partial charge in [0, 0.05) is 11.5 Å². The van der Waals surface area contributed by atoms with E-state index in [2.05, 4.69) is 27.4 Å². The van der Waals surface area contributed by atoms with E-state index in [0.29, 0.717) is 12.0 Å². The number of hydrogen-bond acceptors (Lipinski definition) is 4. The van der Waals surface area contributed by atoms with Crippen LogP contribution in [0.4, 0.5) is 0 Å². The van der Waals surface area contributed by atoms with Crippen LogP contribution in [0.3, 0.4) is 0 Å². The Morgan fingerprint density at radius 1 is 1.12 bits per heavy atom. The average molecular weight is 394 g/mol. The van der Waals surface area contributed by atoms with Crippen LogP contribution in [0.15, 0.2) is 12.2 Å².